The molecular formula is C24H25N5O. The summed E-state index contributed by atoms with van der Waals surface area (Å²) in [7, 11) is 0. The number of rotatable bonds is 4. The van der Waals surface area contributed by atoms with E-state index in [0.29, 0.717) is 18.2 Å². The molecule has 0 unspecified atom stereocenters. The molecule has 30 heavy (non-hydrogen) atoms. The van der Waals surface area contributed by atoms with E-state index in [1.54, 1.807) is 6.20 Å². The van der Waals surface area contributed by atoms with Crippen molar-refractivity contribution in [3.05, 3.63) is 60.4 Å². The molecule has 1 saturated heterocycles. The average Bonchev–Trinajstić information content (AvgIpc) is 2.79. The van der Waals surface area contributed by atoms with Crippen LogP contribution >= 0.6 is 0 Å². The molecule has 1 aliphatic rings. The first-order valence-electron chi connectivity index (χ1n) is 10.4. The second-order valence-corrected chi connectivity index (χ2v) is 7.55. The minimum Gasteiger partial charge on any atom is -0.382 e. The molecular weight excluding hydrogens is 374 g/mol. The lowest BCUT2D eigenvalue weighted by molar-refractivity contribution is 0.184. The number of piperidine rings is 1. The maximum Gasteiger partial charge on any atom is 0.317 e. The number of amides is 2. The number of fused-ring (bicyclic) bond motifs is 1. The molecule has 6 nitrogen and oxygen atoms in total. The summed E-state index contributed by atoms with van der Waals surface area (Å²) in [6, 6.07) is 16.5. The Balaban J connectivity index is 1.59. The first kappa shape index (κ1) is 19.7. The van der Waals surface area contributed by atoms with Gasteiger partial charge in [0.05, 0.1) is 11.6 Å². The van der Waals surface area contributed by atoms with Crippen molar-refractivity contribution in [2.24, 2.45) is 0 Å². The van der Waals surface area contributed by atoms with Gasteiger partial charge < -0.3 is 15.5 Å². The molecule has 1 fully saturated rings. The highest BCUT2D eigenvalue weighted by atomic mass is 16.2. The van der Waals surface area contributed by atoms with Crippen LogP contribution in [0.4, 0.5) is 10.5 Å². The van der Waals surface area contributed by atoms with E-state index >= 15 is 0 Å². The van der Waals surface area contributed by atoms with E-state index in [9.17, 15) is 10.1 Å². The van der Waals surface area contributed by atoms with Crippen molar-refractivity contribution in [1.82, 2.24) is 15.2 Å². The van der Waals surface area contributed by atoms with Gasteiger partial charge in [0.2, 0.25) is 0 Å². The number of likely N-dealkylation sites (tertiary alicyclic amines) is 1. The number of carbonyl (C=O) groups excluding carboxylic acids is 1. The molecule has 0 atom stereocenters. The highest BCUT2D eigenvalue weighted by Gasteiger charge is 2.23. The fourth-order valence-electron chi connectivity index (χ4n) is 3.96. The largest absolute Gasteiger partial charge is 0.382 e. The third-order valence-electron chi connectivity index (χ3n) is 5.55. The minimum atomic E-state index is 0.0185. The zero-order valence-electron chi connectivity index (χ0n) is 17.1. The summed E-state index contributed by atoms with van der Waals surface area (Å²) in [6.45, 7) is 4.06. The summed E-state index contributed by atoms with van der Waals surface area (Å²) < 4.78 is 0. The van der Waals surface area contributed by atoms with Gasteiger partial charge in [0.1, 0.15) is 0 Å². The zero-order valence-corrected chi connectivity index (χ0v) is 17.1. The molecule has 152 valence electrons. The highest BCUT2D eigenvalue weighted by molar-refractivity contribution is 5.97. The standard InChI is InChI=1S/C24H25N5O/c1-2-27-24(30)29-10-7-21(8-11-29)28-23-14-20(13-19-6-9-26-16-22(19)23)18-5-3-4-17(12-18)15-25/h3-6,9,12-14,16,21,28H,2,7-8,10-11H2,1H3,(H,27,30). The third kappa shape index (κ3) is 4.20. The van der Waals surface area contributed by atoms with Gasteiger partial charge in [-0.3, -0.25) is 4.98 Å². The van der Waals surface area contributed by atoms with Crippen LogP contribution in [-0.2, 0) is 0 Å². The van der Waals surface area contributed by atoms with Crippen LogP contribution in [0.25, 0.3) is 21.9 Å². The van der Waals surface area contributed by atoms with Crippen LogP contribution in [0, 0.1) is 11.3 Å². The first-order chi connectivity index (χ1) is 14.7. The Bertz CT molecular complexity index is 1100. The van der Waals surface area contributed by atoms with Gasteiger partial charge in [-0.15, -0.1) is 0 Å². The Labute approximate surface area is 176 Å². The molecule has 0 radical (unpaired) electrons. The fraction of sp³-hybridized carbons (Fsp3) is 0.292. The lowest BCUT2D eigenvalue weighted by Crippen LogP contribution is -2.46. The molecule has 4 rings (SSSR count). The lowest BCUT2D eigenvalue weighted by Gasteiger charge is -2.33. The number of carbonyl (C=O) groups is 1. The van der Waals surface area contributed by atoms with Crippen molar-refractivity contribution in [3.63, 3.8) is 0 Å². The number of nitrogens with zero attached hydrogens (tertiary/aromatic N) is 3. The molecule has 1 aliphatic heterocycles. The highest BCUT2D eigenvalue weighted by Crippen LogP contribution is 2.32. The van der Waals surface area contributed by atoms with Crippen LogP contribution in [0.3, 0.4) is 0 Å². The smallest absolute Gasteiger partial charge is 0.317 e. The van der Waals surface area contributed by atoms with Gasteiger partial charge in [-0.05, 0) is 66.6 Å². The summed E-state index contributed by atoms with van der Waals surface area (Å²) in [5.41, 5.74) is 3.76. The predicted molar refractivity (Wildman–Crippen MR) is 119 cm³/mol. The monoisotopic (exact) mass is 399 g/mol. The summed E-state index contributed by atoms with van der Waals surface area (Å²) in [4.78, 5) is 18.2. The number of anilines is 1. The Morgan fingerprint density at radius 3 is 2.80 bits per heavy atom. The van der Waals surface area contributed by atoms with Crippen LogP contribution in [0.15, 0.2) is 54.9 Å². The number of nitrogens with one attached hydrogen (secondary N) is 2. The van der Waals surface area contributed by atoms with Crippen molar-refractivity contribution in [1.29, 1.82) is 5.26 Å². The number of urea groups is 1. The SMILES string of the molecule is CCNC(=O)N1CCC(Nc2cc(-c3cccc(C#N)c3)cc3ccncc23)CC1. The Morgan fingerprint density at radius 1 is 1.20 bits per heavy atom. The Morgan fingerprint density at radius 2 is 2.03 bits per heavy atom. The molecule has 0 saturated carbocycles. The molecule has 0 spiro atoms. The fourth-order valence-corrected chi connectivity index (χ4v) is 3.96. The van der Waals surface area contributed by atoms with Crippen molar-refractivity contribution in [2.75, 3.05) is 25.0 Å². The molecule has 6 heteroatoms. The quantitative estimate of drug-likeness (QED) is 0.682. The number of pyridine rings is 1. The Hall–Kier alpha value is -3.59. The van der Waals surface area contributed by atoms with Gasteiger partial charge in [-0.1, -0.05) is 12.1 Å². The van der Waals surface area contributed by atoms with Crippen molar-refractivity contribution in [2.45, 2.75) is 25.8 Å². The maximum atomic E-state index is 12.1. The minimum absolute atomic E-state index is 0.0185. The molecule has 2 heterocycles. The second kappa shape index (κ2) is 8.83. The topological polar surface area (TPSA) is 81.0 Å². The summed E-state index contributed by atoms with van der Waals surface area (Å²) in [5.74, 6) is 0. The maximum absolute atomic E-state index is 12.1. The third-order valence-corrected chi connectivity index (χ3v) is 5.55. The van der Waals surface area contributed by atoms with E-state index in [2.05, 4.69) is 33.8 Å². The summed E-state index contributed by atoms with van der Waals surface area (Å²) in [6.07, 6.45) is 5.48. The molecule has 3 aromatic rings. The summed E-state index contributed by atoms with van der Waals surface area (Å²) >= 11 is 0. The van der Waals surface area contributed by atoms with Crippen LogP contribution in [-0.4, -0.2) is 41.6 Å². The number of nitriles is 1. The van der Waals surface area contributed by atoms with Crippen LogP contribution in [0.5, 0.6) is 0 Å². The van der Waals surface area contributed by atoms with Gasteiger partial charge in [0, 0.05) is 49.1 Å². The van der Waals surface area contributed by atoms with Crippen LogP contribution < -0.4 is 10.6 Å². The number of hydrogen-bond acceptors (Lipinski definition) is 4. The van der Waals surface area contributed by atoms with Crippen molar-refractivity contribution < 1.29 is 4.79 Å². The van der Waals surface area contributed by atoms with Gasteiger partial charge in [0.15, 0.2) is 0 Å². The lowest BCUT2D eigenvalue weighted by atomic mass is 9.98. The van der Waals surface area contributed by atoms with Crippen molar-refractivity contribution in [3.8, 4) is 17.2 Å². The normalized spacial score (nSPS) is 14.3. The molecule has 1 aromatic heterocycles. The number of aromatic nitrogens is 1. The van der Waals surface area contributed by atoms with Gasteiger partial charge >= 0.3 is 6.03 Å². The number of hydrogen-bond donors (Lipinski definition) is 2. The van der Waals surface area contributed by atoms with E-state index in [-0.39, 0.29) is 6.03 Å². The van der Waals surface area contributed by atoms with Crippen LogP contribution in [0.1, 0.15) is 25.3 Å². The first-order valence-corrected chi connectivity index (χ1v) is 10.4. The Kier molecular flexibility index (Phi) is 5.80. The predicted octanol–water partition coefficient (Wildman–Crippen LogP) is 4.38. The van der Waals surface area contributed by atoms with E-state index < -0.39 is 0 Å². The van der Waals surface area contributed by atoms with E-state index in [4.69, 9.17) is 0 Å². The van der Waals surface area contributed by atoms with Gasteiger partial charge in [-0.25, -0.2) is 4.79 Å². The van der Waals surface area contributed by atoms with Crippen molar-refractivity contribution >= 4 is 22.5 Å². The molecule has 2 N–H and O–H groups in total. The molecule has 2 aromatic carbocycles. The summed E-state index contributed by atoms with van der Waals surface area (Å²) in [5, 5.41) is 18.0. The van der Waals surface area contributed by atoms with Gasteiger partial charge in [-0.2, -0.15) is 5.26 Å². The molecule has 2 amide bonds. The molecule has 0 aliphatic carbocycles. The van der Waals surface area contributed by atoms with Crippen LogP contribution in [0.2, 0.25) is 0 Å². The van der Waals surface area contributed by atoms with E-state index in [1.807, 2.05) is 48.4 Å². The second-order valence-electron chi connectivity index (χ2n) is 7.55. The van der Waals surface area contributed by atoms with E-state index in [0.717, 1.165) is 53.5 Å². The number of benzene rings is 2. The average molecular weight is 399 g/mol. The van der Waals surface area contributed by atoms with Gasteiger partial charge in [0.25, 0.3) is 0 Å². The molecule has 0 bridgehead atoms. The zero-order chi connectivity index (χ0) is 20.9. The van der Waals surface area contributed by atoms with E-state index in [1.165, 1.54) is 0 Å².